The van der Waals surface area contributed by atoms with E-state index in [1.165, 1.54) is 31.1 Å². The summed E-state index contributed by atoms with van der Waals surface area (Å²) in [7, 11) is 3.05. The molecule has 0 aliphatic heterocycles. The molecule has 0 saturated carbocycles. The predicted octanol–water partition coefficient (Wildman–Crippen LogP) is 5.12. The Hall–Kier alpha value is -3.36. The maximum atomic E-state index is 12.4. The van der Waals surface area contributed by atoms with Gasteiger partial charge < -0.3 is 9.47 Å². The maximum absolute atomic E-state index is 12.4. The van der Waals surface area contributed by atoms with Gasteiger partial charge >= 0.3 is 5.69 Å². The Balaban J connectivity index is 1.80. The zero-order valence-electron chi connectivity index (χ0n) is 16.5. The lowest BCUT2D eigenvalue weighted by molar-refractivity contribution is -0.385. The third-order valence-corrected chi connectivity index (χ3v) is 4.78. The molecule has 0 spiro atoms. The van der Waals surface area contributed by atoms with E-state index in [4.69, 9.17) is 32.7 Å². The molecule has 0 saturated heterocycles. The van der Waals surface area contributed by atoms with Crippen LogP contribution in [-0.2, 0) is 13.7 Å². The number of methoxy groups -OCH3 is 1. The Bertz CT molecular complexity index is 1170. The first-order chi connectivity index (χ1) is 14.8. The lowest BCUT2D eigenvalue weighted by atomic mass is 10.1. The van der Waals surface area contributed by atoms with Gasteiger partial charge in [-0.2, -0.15) is 5.10 Å². The van der Waals surface area contributed by atoms with Gasteiger partial charge in [0.2, 0.25) is 11.5 Å². The molecule has 3 rings (SSSR count). The summed E-state index contributed by atoms with van der Waals surface area (Å²) in [5, 5.41) is 15.9. The Labute approximate surface area is 187 Å². The third kappa shape index (κ3) is 5.42. The summed E-state index contributed by atoms with van der Waals surface area (Å²) in [5.74, 6) is 0.481. The van der Waals surface area contributed by atoms with Gasteiger partial charge in [-0.05, 0) is 42.0 Å². The summed E-state index contributed by atoms with van der Waals surface area (Å²) in [6.45, 7) is 0.159. The number of aromatic nitrogens is 2. The number of nitro groups is 1. The number of aryl methyl sites for hydroxylation is 1. The van der Waals surface area contributed by atoms with Gasteiger partial charge in [-0.25, -0.2) is 0 Å². The molecule has 0 aliphatic carbocycles. The average molecular weight is 462 g/mol. The van der Waals surface area contributed by atoms with E-state index in [0.717, 1.165) is 0 Å². The van der Waals surface area contributed by atoms with E-state index in [0.29, 0.717) is 32.7 Å². The van der Waals surface area contributed by atoms with Crippen LogP contribution in [0.3, 0.4) is 0 Å². The maximum Gasteiger partial charge on any atom is 0.318 e. The molecule has 0 amide bonds. The number of allylic oxidation sites excluding steroid dienone is 1. The molecular weight excluding hydrogens is 445 g/mol. The first kappa shape index (κ1) is 22.3. The molecule has 0 bridgehead atoms. The van der Waals surface area contributed by atoms with Crippen molar-refractivity contribution in [1.29, 1.82) is 0 Å². The van der Waals surface area contributed by atoms with Gasteiger partial charge in [0.25, 0.3) is 0 Å². The molecule has 2 aromatic carbocycles. The summed E-state index contributed by atoms with van der Waals surface area (Å²) < 4.78 is 12.4. The van der Waals surface area contributed by atoms with Crippen molar-refractivity contribution < 1.29 is 19.2 Å². The summed E-state index contributed by atoms with van der Waals surface area (Å²) in [4.78, 5) is 22.9. The van der Waals surface area contributed by atoms with Crippen LogP contribution in [0.15, 0.2) is 48.7 Å². The van der Waals surface area contributed by atoms with Crippen LogP contribution in [0.25, 0.3) is 6.08 Å². The van der Waals surface area contributed by atoms with Crippen LogP contribution in [0.5, 0.6) is 11.5 Å². The highest BCUT2D eigenvalue weighted by molar-refractivity contribution is 6.35. The minimum absolute atomic E-state index is 0.159. The first-order valence-electron chi connectivity index (χ1n) is 8.93. The van der Waals surface area contributed by atoms with Gasteiger partial charge in [-0.3, -0.25) is 19.6 Å². The van der Waals surface area contributed by atoms with E-state index in [-0.39, 0.29) is 18.0 Å². The number of hydrogen-bond donors (Lipinski definition) is 0. The van der Waals surface area contributed by atoms with Crippen LogP contribution >= 0.6 is 23.2 Å². The lowest BCUT2D eigenvalue weighted by Crippen LogP contribution is -2.01. The van der Waals surface area contributed by atoms with Gasteiger partial charge in [0.05, 0.1) is 17.1 Å². The molecule has 1 aromatic heterocycles. The highest BCUT2D eigenvalue weighted by Gasteiger charge is 2.23. The van der Waals surface area contributed by atoms with Crippen molar-refractivity contribution in [2.75, 3.05) is 7.11 Å². The second-order valence-electron chi connectivity index (χ2n) is 6.43. The highest BCUT2D eigenvalue weighted by atomic mass is 35.5. The highest BCUT2D eigenvalue weighted by Crippen LogP contribution is 2.30. The summed E-state index contributed by atoms with van der Waals surface area (Å²) >= 11 is 12.0. The number of nitrogens with zero attached hydrogens (tertiary/aromatic N) is 3. The molecule has 3 aromatic rings. The van der Waals surface area contributed by atoms with Crippen LogP contribution in [0, 0.1) is 10.1 Å². The molecule has 0 atom stereocenters. The van der Waals surface area contributed by atoms with E-state index in [9.17, 15) is 14.9 Å². The minimum atomic E-state index is -0.640. The fourth-order valence-electron chi connectivity index (χ4n) is 2.80. The molecule has 10 heteroatoms. The van der Waals surface area contributed by atoms with Crippen LogP contribution in [0.2, 0.25) is 10.0 Å². The summed E-state index contributed by atoms with van der Waals surface area (Å²) in [6, 6.07) is 10.2. The predicted molar refractivity (Wildman–Crippen MR) is 117 cm³/mol. The quantitative estimate of drug-likeness (QED) is 0.200. The number of carbonyl (C=O) groups is 1. The molecule has 0 aliphatic rings. The number of benzene rings is 2. The first-order valence-corrected chi connectivity index (χ1v) is 9.69. The second-order valence-corrected chi connectivity index (χ2v) is 7.27. The third-order valence-electron chi connectivity index (χ3n) is 4.25. The molecule has 0 N–H and O–H groups in total. The normalized spacial score (nSPS) is 11.0. The zero-order valence-corrected chi connectivity index (χ0v) is 18.1. The minimum Gasteiger partial charge on any atom is -0.496 e. The number of halogens is 2. The van der Waals surface area contributed by atoms with Crippen molar-refractivity contribution in [2.45, 2.75) is 6.61 Å². The number of ketones is 1. The molecule has 0 fully saturated rings. The van der Waals surface area contributed by atoms with Crippen LogP contribution in [-0.4, -0.2) is 27.6 Å². The van der Waals surface area contributed by atoms with Crippen molar-refractivity contribution in [3.8, 4) is 11.5 Å². The van der Waals surface area contributed by atoms with Crippen molar-refractivity contribution in [1.82, 2.24) is 9.78 Å². The van der Waals surface area contributed by atoms with Crippen molar-refractivity contribution in [3.05, 3.63) is 85.7 Å². The number of hydrogen-bond acceptors (Lipinski definition) is 6. The number of carbonyl (C=O) groups excluding carboxylic acids is 1. The van der Waals surface area contributed by atoms with Gasteiger partial charge in [-0.15, -0.1) is 0 Å². The Morgan fingerprint density at radius 3 is 2.65 bits per heavy atom. The molecule has 0 unspecified atom stereocenters. The topological polar surface area (TPSA) is 96.5 Å². The molecule has 8 nitrogen and oxygen atoms in total. The lowest BCUT2D eigenvalue weighted by Gasteiger charge is -2.12. The summed E-state index contributed by atoms with van der Waals surface area (Å²) in [5.41, 5.74) is 0.819. The van der Waals surface area contributed by atoms with Crippen LogP contribution in [0.4, 0.5) is 5.69 Å². The van der Waals surface area contributed by atoms with E-state index >= 15 is 0 Å². The second kappa shape index (κ2) is 9.63. The van der Waals surface area contributed by atoms with E-state index in [1.807, 2.05) is 0 Å². The van der Waals surface area contributed by atoms with E-state index in [1.54, 1.807) is 42.5 Å². The average Bonchev–Trinajstić information content (AvgIpc) is 3.13. The van der Waals surface area contributed by atoms with Gasteiger partial charge in [0, 0.05) is 17.6 Å². The number of rotatable bonds is 8. The Morgan fingerprint density at radius 1 is 1.23 bits per heavy atom. The monoisotopic (exact) mass is 461 g/mol. The fraction of sp³-hybridized carbons (Fsp3) is 0.143. The van der Waals surface area contributed by atoms with Crippen molar-refractivity contribution in [2.24, 2.45) is 7.05 Å². The van der Waals surface area contributed by atoms with E-state index in [2.05, 4.69) is 5.10 Å². The molecule has 160 valence electrons. The SMILES string of the molecule is COc1ccc(/C=C/C(=O)c2nn(C)cc2[N+](=O)[O-])cc1COc1ccc(Cl)cc1Cl. The fourth-order valence-corrected chi connectivity index (χ4v) is 3.26. The standard InChI is InChI=1S/C21H17Cl2N3O5/c1-25-11-17(26(28)29)21(24-25)18(27)6-3-13-4-7-19(30-2)14(9-13)12-31-20-8-5-15(22)10-16(20)23/h3-11H,12H2,1-2H3/b6-3+. The zero-order chi connectivity index (χ0) is 22.5. The van der Waals surface area contributed by atoms with Gasteiger partial charge in [0.1, 0.15) is 24.3 Å². The summed E-state index contributed by atoms with van der Waals surface area (Å²) in [6.07, 6.45) is 3.96. The number of ether oxygens (including phenoxy) is 2. The molecule has 1 heterocycles. The molecule has 31 heavy (non-hydrogen) atoms. The van der Waals surface area contributed by atoms with Crippen molar-refractivity contribution in [3.63, 3.8) is 0 Å². The molecule has 0 radical (unpaired) electrons. The van der Waals surface area contributed by atoms with Gasteiger partial charge in [-0.1, -0.05) is 35.3 Å². The molecular formula is C21H17Cl2N3O5. The van der Waals surface area contributed by atoms with E-state index < -0.39 is 10.7 Å². The smallest absolute Gasteiger partial charge is 0.318 e. The van der Waals surface area contributed by atoms with Gasteiger partial charge in [0.15, 0.2) is 0 Å². The van der Waals surface area contributed by atoms with Crippen LogP contribution in [0.1, 0.15) is 21.6 Å². The Kier molecular flexibility index (Phi) is 6.94. The Morgan fingerprint density at radius 2 is 1.97 bits per heavy atom. The van der Waals surface area contributed by atoms with Crippen LogP contribution < -0.4 is 9.47 Å². The largest absolute Gasteiger partial charge is 0.496 e. The van der Waals surface area contributed by atoms with Crippen molar-refractivity contribution >= 4 is 40.7 Å².